The van der Waals surface area contributed by atoms with Crippen LogP contribution < -0.4 is 5.84 Å². The molecule has 4 heteroatoms. The van der Waals surface area contributed by atoms with Crippen LogP contribution in [-0.2, 0) is 6.42 Å². The lowest BCUT2D eigenvalue weighted by Crippen LogP contribution is -2.08. The number of pyridine rings is 1. The van der Waals surface area contributed by atoms with Crippen LogP contribution in [0.4, 0.5) is 4.39 Å². The van der Waals surface area contributed by atoms with Crippen molar-refractivity contribution < 1.29 is 4.39 Å². The lowest BCUT2D eigenvalue weighted by molar-refractivity contribution is 0.627. The maximum Gasteiger partial charge on any atom is 0.123 e. The van der Waals surface area contributed by atoms with Crippen LogP contribution in [0.1, 0.15) is 11.1 Å². The molecule has 0 bridgehead atoms. The highest BCUT2D eigenvalue weighted by atomic mass is 19.1. The van der Waals surface area contributed by atoms with E-state index < -0.39 is 0 Å². The molecule has 0 radical (unpaired) electrons. The van der Waals surface area contributed by atoms with Gasteiger partial charge in [0.1, 0.15) is 5.82 Å². The number of rotatable bonds is 3. The van der Waals surface area contributed by atoms with Crippen LogP contribution in [0.3, 0.4) is 0 Å². The minimum atomic E-state index is -0.246. The van der Waals surface area contributed by atoms with Gasteiger partial charge in [0, 0.05) is 24.4 Å². The first-order chi connectivity index (χ1) is 8.29. The molecule has 1 heterocycles. The van der Waals surface area contributed by atoms with Gasteiger partial charge < -0.3 is 5.84 Å². The highest BCUT2D eigenvalue weighted by molar-refractivity contribution is 6.01. The lowest BCUT2D eigenvalue weighted by atomic mass is 10.0. The van der Waals surface area contributed by atoms with E-state index in [9.17, 15) is 4.39 Å². The molecule has 0 amide bonds. The number of nitrogens with zero attached hydrogens (tertiary/aromatic N) is 2. The molecule has 0 fully saturated rings. The molecule has 0 saturated carbocycles. The minimum absolute atomic E-state index is 0.246. The van der Waals surface area contributed by atoms with Crippen LogP contribution >= 0.6 is 0 Å². The Morgan fingerprint density at radius 3 is 2.35 bits per heavy atom. The summed E-state index contributed by atoms with van der Waals surface area (Å²) < 4.78 is 12.8. The minimum Gasteiger partial charge on any atom is -0.323 e. The van der Waals surface area contributed by atoms with Crippen LogP contribution in [0.2, 0.25) is 0 Å². The predicted molar refractivity (Wildman–Crippen MR) is 65.1 cm³/mol. The van der Waals surface area contributed by atoms with Crippen molar-refractivity contribution in [2.75, 3.05) is 0 Å². The zero-order valence-electron chi connectivity index (χ0n) is 9.18. The maximum atomic E-state index is 12.8. The Hall–Kier alpha value is -2.23. The fraction of sp³-hybridized carbons (Fsp3) is 0.0769. The normalized spacial score (nSPS) is 11.5. The molecule has 2 rings (SSSR count). The molecule has 2 N–H and O–H groups in total. The van der Waals surface area contributed by atoms with Gasteiger partial charge in [0.2, 0.25) is 0 Å². The van der Waals surface area contributed by atoms with Crippen molar-refractivity contribution >= 4 is 5.71 Å². The van der Waals surface area contributed by atoms with E-state index >= 15 is 0 Å². The van der Waals surface area contributed by atoms with Crippen LogP contribution in [0.15, 0.2) is 53.9 Å². The highest BCUT2D eigenvalue weighted by Crippen LogP contribution is 2.08. The van der Waals surface area contributed by atoms with Gasteiger partial charge in [-0.1, -0.05) is 12.1 Å². The Labute approximate surface area is 98.8 Å². The van der Waals surface area contributed by atoms with Gasteiger partial charge >= 0.3 is 0 Å². The fourth-order valence-corrected chi connectivity index (χ4v) is 1.56. The summed E-state index contributed by atoms with van der Waals surface area (Å²) in [6, 6.07) is 9.99. The van der Waals surface area contributed by atoms with Gasteiger partial charge in [-0.25, -0.2) is 4.39 Å². The SMILES string of the molecule is NN=C(Cc1ccc(F)cc1)c1ccncc1. The van der Waals surface area contributed by atoms with Gasteiger partial charge in [0.05, 0.1) is 5.71 Å². The molecule has 86 valence electrons. The Kier molecular flexibility index (Phi) is 3.45. The maximum absolute atomic E-state index is 12.8. The second-order valence-electron chi connectivity index (χ2n) is 3.61. The summed E-state index contributed by atoms with van der Waals surface area (Å²) in [5.41, 5.74) is 2.64. The van der Waals surface area contributed by atoms with Crippen molar-refractivity contribution in [2.45, 2.75) is 6.42 Å². The molecule has 3 nitrogen and oxygen atoms in total. The van der Waals surface area contributed by atoms with Gasteiger partial charge in [0.25, 0.3) is 0 Å². The van der Waals surface area contributed by atoms with E-state index in [0.717, 1.165) is 16.8 Å². The number of hydrazone groups is 1. The van der Waals surface area contributed by atoms with Crippen LogP contribution in [0.5, 0.6) is 0 Å². The van der Waals surface area contributed by atoms with Gasteiger partial charge in [-0.2, -0.15) is 5.10 Å². The molecular formula is C13H12FN3. The van der Waals surface area contributed by atoms with Gasteiger partial charge in [0.15, 0.2) is 0 Å². The molecule has 0 saturated heterocycles. The van der Waals surface area contributed by atoms with Crippen molar-refractivity contribution in [1.82, 2.24) is 4.98 Å². The smallest absolute Gasteiger partial charge is 0.123 e. The summed E-state index contributed by atoms with van der Waals surface area (Å²) in [6.45, 7) is 0. The van der Waals surface area contributed by atoms with Crippen LogP contribution in [-0.4, -0.2) is 10.7 Å². The van der Waals surface area contributed by atoms with Crippen molar-refractivity contribution in [3.05, 3.63) is 65.7 Å². The van der Waals surface area contributed by atoms with E-state index in [1.807, 2.05) is 12.1 Å². The number of hydrogen-bond donors (Lipinski definition) is 1. The number of benzene rings is 1. The van der Waals surface area contributed by atoms with Crippen molar-refractivity contribution in [1.29, 1.82) is 0 Å². The molecular weight excluding hydrogens is 217 g/mol. The largest absolute Gasteiger partial charge is 0.323 e. The highest BCUT2D eigenvalue weighted by Gasteiger charge is 2.04. The van der Waals surface area contributed by atoms with E-state index in [1.54, 1.807) is 24.5 Å². The summed E-state index contributed by atoms with van der Waals surface area (Å²) in [6.07, 6.45) is 3.94. The molecule has 1 aromatic heterocycles. The second kappa shape index (κ2) is 5.21. The molecule has 1 aromatic carbocycles. The second-order valence-corrected chi connectivity index (χ2v) is 3.61. The summed E-state index contributed by atoms with van der Waals surface area (Å²) in [5, 5.41) is 3.77. The van der Waals surface area contributed by atoms with Crippen molar-refractivity contribution in [3.8, 4) is 0 Å². The van der Waals surface area contributed by atoms with E-state index in [1.165, 1.54) is 12.1 Å². The zero-order chi connectivity index (χ0) is 12.1. The monoisotopic (exact) mass is 229 g/mol. The molecule has 0 aliphatic carbocycles. The summed E-state index contributed by atoms with van der Waals surface area (Å²) >= 11 is 0. The molecule has 0 spiro atoms. The van der Waals surface area contributed by atoms with Crippen LogP contribution in [0, 0.1) is 5.82 Å². The van der Waals surface area contributed by atoms with Gasteiger partial charge in [-0.3, -0.25) is 4.98 Å². The predicted octanol–water partition coefficient (Wildman–Crippen LogP) is 2.13. The number of nitrogens with two attached hydrogens (primary N) is 1. The van der Waals surface area contributed by atoms with Crippen molar-refractivity contribution in [3.63, 3.8) is 0 Å². The number of hydrogen-bond acceptors (Lipinski definition) is 3. The van der Waals surface area contributed by atoms with E-state index in [4.69, 9.17) is 5.84 Å². The third-order valence-electron chi connectivity index (χ3n) is 2.45. The molecule has 0 unspecified atom stereocenters. The Morgan fingerprint density at radius 2 is 1.76 bits per heavy atom. The number of halogens is 1. The standard InChI is InChI=1S/C13H12FN3/c14-12-3-1-10(2-4-12)9-13(17-15)11-5-7-16-8-6-11/h1-8H,9,15H2. The first-order valence-corrected chi connectivity index (χ1v) is 5.21. The Morgan fingerprint density at radius 1 is 1.12 bits per heavy atom. The molecule has 0 atom stereocenters. The molecule has 0 aliphatic rings. The van der Waals surface area contributed by atoms with Gasteiger partial charge in [-0.15, -0.1) is 0 Å². The molecule has 17 heavy (non-hydrogen) atoms. The third-order valence-corrected chi connectivity index (χ3v) is 2.45. The quantitative estimate of drug-likeness (QED) is 0.498. The zero-order valence-corrected chi connectivity index (χ0v) is 9.18. The Balaban J connectivity index is 2.19. The molecule has 0 aliphatic heterocycles. The van der Waals surface area contributed by atoms with Crippen LogP contribution in [0.25, 0.3) is 0 Å². The summed E-state index contributed by atoms with van der Waals surface area (Å²) in [5.74, 6) is 5.13. The van der Waals surface area contributed by atoms with E-state index in [2.05, 4.69) is 10.1 Å². The topological polar surface area (TPSA) is 51.3 Å². The van der Waals surface area contributed by atoms with Crippen molar-refractivity contribution in [2.24, 2.45) is 10.9 Å². The average Bonchev–Trinajstić information content (AvgIpc) is 2.39. The fourth-order valence-electron chi connectivity index (χ4n) is 1.56. The summed E-state index contributed by atoms with van der Waals surface area (Å²) in [7, 11) is 0. The first-order valence-electron chi connectivity index (χ1n) is 5.21. The lowest BCUT2D eigenvalue weighted by Gasteiger charge is -2.05. The summed E-state index contributed by atoms with van der Waals surface area (Å²) in [4.78, 5) is 3.94. The van der Waals surface area contributed by atoms with Gasteiger partial charge in [-0.05, 0) is 29.8 Å². The first kappa shape index (κ1) is 11.3. The molecule has 2 aromatic rings. The Bertz CT molecular complexity index is 506. The average molecular weight is 229 g/mol. The number of aromatic nitrogens is 1. The third kappa shape index (κ3) is 2.87. The van der Waals surface area contributed by atoms with E-state index in [0.29, 0.717) is 6.42 Å². The van der Waals surface area contributed by atoms with E-state index in [-0.39, 0.29) is 5.82 Å².